The quantitative estimate of drug-likeness (QED) is 0.617. The molecular weight excluding hydrogens is 446 g/mol. The van der Waals surface area contributed by atoms with Gasteiger partial charge in [0.1, 0.15) is 12.4 Å². The van der Waals surface area contributed by atoms with Crippen LogP contribution in [0.2, 0.25) is 0 Å². The zero-order valence-corrected chi connectivity index (χ0v) is 20.2. The van der Waals surface area contributed by atoms with Gasteiger partial charge in [-0.3, -0.25) is 0 Å². The largest absolute Gasteiger partial charge is 0.475 e. The number of morpholine rings is 1. The maximum atomic E-state index is 12.9. The number of hydrogen-bond donors (Lipinski definition) is 2. The summed E-state index contributed by atoms with van der Waals surface area (Å²) in [6, 6.07) is 9.53. The summed E-state index contributed by atoms with van der Waals surface area (Å²) in [6.07, 6.45) is 0.735. The fourth-order valence-corrected chi connectivity index (χ4v) is 4.24. The third-order valence-corrected chi connectivity index (χ3v) is 6.30. The molecule has 0 saturated carbocycles. The van der Waals surface area contributed by atoms with Crippen LogP contribution in [-0.2, 0) is 4.74 Å². The highest BCUT2D eigenvalue weighted by Crippen LogP contribution is 2.32. The van der Waals surface area contributed by atoms with Gasteiger partial charge in [-0.15, -0.1) is 0 Å². The number of carbonyl (C=O) groups is 1. The Kier molecular flexibility index (Phi) is 7.85. The SMILES string of the molecule is [C-]#[N+]/C(C)=C1\CCN(C(=O)Nc2ccc(C)c(-c3cc(OCCO)nc(N4CCOCC4)c3)c2)C1. The summed E-state index contributed by atoms with van der Waals surface area (Å²) in [4.78, 5) is 24.9. The molecule has 0 radical (unpaired) electrons. The Morgan fingerprint density at radius 3 is 2.80 bits per heavy atom. The van der Waals surface area contributed by atoms with Crippen LogP contribution in [0.1, 0.15) is 18.9 Å². The van der Waals surface area contributed by atoms with Crippen molar-refractivity contribution in [1.82, 2.24) is 9.88 Å². The molecule has 35 heavy (non-hydrogen) atoms. The first-order chi connectivity index (χ1) is 17.0. The van der Waals surface area contributed by atoms with E-state index in [-0.39, 0.29) is 19.2 Å². The molecule has 0 spiro atoms. The lowest BCUT2D eigenvalue weighted by Gasteiger charge is -2.28. The molecule has 9 heteroatoms. The van der Waals surface area contributed by atoms with Gasteiger partial charge in [0.05, 0.1) is 26.4 Å². The summed E-state index contributed by atoms with van der Waals surface area (Å²) < 4.78 is 11.1. The molecule has 9 nitrogen and oxygen atoms in total. The molecule has 2 fully saturated rings. The Labute approximate surface area is 205 Å². The van der Waals surface area contributed by atoms with Crippen LogP contribution in [0.3, 0.4) is 0 Å². The van der Waals surface area contributed by atoms with Gasteiger partial charge in [0, 0.05) is 37.9 Å². The van der Waals surface area contributed by atoms with Gasteiger partial charge >= 0.3 is 6.03 Å². The lowest BCUT2D eigenvalue weighted by atomic mass is 10.0. The third kappa shape index (κ3) is 5.91. The van der Waals surface area contributed by atoms with Crippen molar-refractivity contribution in [3.05, 3.63) is 58.6 Å². The molecule has 2 N–H and O–H groups in total. The number of benzene rings is 1. The molecular formula is C26H31N5O4. The smallest absolute Gasteiger partial charge is 0.322 e. The van der Waals surface area contributed by atoms with Crippen molar-refractivity contribution in [1.29, 1.82) is 0 Å². The summed E-state index contributed by atoms with van der Waals surface area (Å²) >= 11 is 0. The molecule has 184 valence electrons. The van der Waals surface area contributed by atoms with Gasteiger partial charge in [-0.25, -0.2) is 9.64 Å². The number of carbonyl (C=O) groups excluding carboxylic acids is 1. The van der Waals surface area contributed by atoms with Crippen LogP contribution >= 0.6 is 0 Å². The second kappa shape index (κ2) is 11.2. The van der Waals surface area contributed by atoms with Crippen molar-refractivity contribution in [3.8, 4) is 17.0 Å². The van der Waals surface area contributed by atoms with E-state index in [4.69, 9.17) is 16.0 Å². The van der Waals surface area contributed by atoms with Gasteiger partial charge in [0.2, 0.25) is 5.88 Å². The van der Waals surface area contributed by atoms with Crippen LogP contribution in [-0.4, -0.2) is 73.6 Å². The van der Waals surface area contributed by atoms with Crippen LogP contribution < -0.4 is 15.0 Å². The fraction of sp³-hybridized carbons (Fsp3) is 0.423. The number of aliphatic hydroxyl groups excluding tert-OH is 1. The van der Waals surface area contributed by atoms with E-state index < -0.39 is 0 Å². The predicted molar refractivity (Wildman–Crippen MR) is 135 cm³/mol. The molecule has 0 atom stereocenters. The number of aromatic nitrogens is 1. The number of nitrogens with one attached hydrogen (secondary N) is 1. The number of urea groups is 1. The standard InChI is InChI=1S/C26H31N5O4/c1-18-4-5-22(28-26(33)31-7-6-20(17-31)19(2)27-3)16-23(18)21-14-24(30-8-11-34-12-9-30)29-25(15-21)35-13-10-32/h4-5,14-16,32H,6-13,17H2,1-2H3,(H,28,33)/b20-19+. The van der Waals surface area contributed by atoms with E-state index in [1.165, 1.54) is 0 Å². The minimum Gasteiger partial charge on any atom is -0.475 e. The van der Waals surface area contributed by atoms with Crippen LogP contribution in [0.4, 0.5) is 16.3 Å². The van der Waals surface area contributed by atoms with Crippen molar-refractivity contribution in [2.75, 3.05) is 62.8 Å². The summed E-state index contributed by atoms with van der Waals surface area (Å²) in [5, 5.41) is 12.2. The number of amides is 2. The molecule has 3 heterocycles. The summed E-state index contributed by atoms with van der Waals surface area (Å²) in [5.74, 6) is 1.23. The van der Waals surface area contributed by atoms with E-state index in [0.717, 1.165) is 47.6 Å². The molecule has 4 rings (SSSR count). The Morgan fingerprint density at radius 2 is 2.06 bits per heavy atom. The highest BCUT2D eigenvalue weighted by molar-refractivity contribution is 5.91. The lowest BCUT2D eigenvalue weighted by molar-refractivity contribution is 0.122. The summed E-state index contributed by atoms with van der Waals surface area (Å²) in [5.41, 5.74) is 5.31. The summed E-state index contributed by atoms with van der Waals surface area (Å²) in [7, 11) is 0. The Bertz CT molecular complexity index is 1150. The van der Waals surface area contributed by atoms with Gasteiger partial charge in [0.15, 0.2) is 5.70 Å². The molecule has 0 bridgehead atoms. The van der Waals surface area contributed by atoms with Crippen molar-refractivity contribution < 1.29 is 19.4 Å². The van der Waals surface area contributed by atoms with Crippen LogP contribution in [0.5, 0.6) is 5.88 Å². The number of nitrogens with zero attached hydrogens (tertiary/aromatic N) is 4. The zero-order chi connectivity index (χ0) is 24.8. The van der Waals surface area contributed by atoms with Gasteiger partial charge in [0.25, 0.3) is 0 Å². The third-order valence-electron chi connectivity index (χ3n) is 6.30. The van der Waals surface area contributed by atoms with E-state index in [0.29, 0.717) is 43.6 Å². The second-order valence-electron chi connectivity index (χ2n) is 8.66. The number of rotatable bonds is 6. The number of pyridine rings is 1. The second-order valence-corrected chi connectivity index (χ2v) is 8.66. The average molecular weight is 478 g/mol. The molecule has 2 saturated heterocycles. The number of hydrogen-bond acceptors (Lipinski definition) is 6. The van der Waals surface area contributed by atoms with Crippen molar-refractivity contribution in [2.45, 2.75) is 20.3 Å². The molecule has 0 aliphatic carbocycles. The number of aliphatic hydroxyl groups is 1. The normalized spacial score (nSPS) is 17.2. The topological polar surface area (TPSA) is 91.5 Å². The van der Waals surface area contributed by atoms with E-state index in [9.17, 15) is 9.90 Å². The minimum atomic E-state index is -0.178. The number of likely N-dealkylation sites (tertiary alicyclic amines) is 1. The van der Waals surface area contributed by atoms with Crippen LogP contribution in [0, 0.1) is 13.5 Å². The molecule has 1 aromatic carbocycles. The average Bonchev–Trinajstić information content (AvgIpc) is 3.39. The zero-order valence-electron chi connectivity index (χ0n) is 20.2. The predicted octanol–water partition coefficient (Wildman–Crippen LogP) is 3.70. The van der Waals surface area contributed by atoms with Crippen molar-refractivity contribution in [3.63, 3.8) is 0 Å². The van der Waals surface area contributed by atoms with E-state index >= 15 is 0 Å². The minimum absolute atomic E-state index is 0.0951. The maximum absolute atomic E-state index is 12.9. The van der Waals surface area contributed by atoms with Gasteiger partial charge in [-0.1, -0.05) is 6.07 Å². The molecule has 2 aliphatic heterocycles. The first-order valence-corrected chi connectivity index (χ1v) is 11.8. The van der Waals surface area contributed by atoms with Crippen molar-refractivity contribution >= 4 is 17.5 Å². The highest BCUT2D eigenvalue weighted by atomic mass is 16.5. The summed E-state index contributed by atoms with van der Waals surface area (Å²) in [6.45, 7) is 14.9. The molecule has 2 aromatic rings. The van der Waals surface area contributed by atoms with Gasteiger partial charge < -0.3 is 29.7 Å². The van der Waals surface area contributed by atoms with Crippen molar-refractivity contribution in [2.24, 2.45) is 0 Å². The maximum Gasteiger partial charge on any atom is 0.322 e. The lowest BCUT2D eigenvalue weighted by Crippen LogP contribution is -2.36. The Hall–Kier alpha value is -3.61. The molecule has 0 unspecified atom stereocenters. The number of ether oxygens (including phenoxy) is 2. The Balaban J connectivity index is 1.59. The number of allylic oxidation sites excluding steroid dienone is 1. The fourth-order valence-electron chi connectivity index (χ4n) is 4.24. The molecule has 1 aromatic heterocycles. The van der Waals surface area contributed by atoms with E-state index in [1.807, 2.05) is 37.3 Å². The van der Waals surface area contributed by atoms with Crippen LogP contribution in [0.15, 0.2) is 41.6 Å². The van der Waals surface area contributed by atoms with E-state index in [1.54, 1.807) is 11.8 Å². The Morgan fingerprint density at radius 1 is 1.26 bits per heavy atom. The monoisotopic (exact) mass is 477 g/mol. The van der Waals surface area contributed by atoms with Crippen LogP contribution in [0.25, 0.3) is 16.0 Å². The number of aryl methyl sites for hydroxylation is 1. The first kappa shape index (κ1) is 24.5. The molecule has 2 amide bonds. The molecule has 2 aliphatic rings. The highest BCUT2D eigenvalue weighted by Gasteiger charge is 2.23. The van der Waals surface area contributed by atoms with Gasteiger partial charge in [-0.05, 0) is 60.7 Å². The first-order valence-electron chi connectivity index (χ1n) is 11.8. The number of anilines is 2. The van der Waals surface area contributed by atoms with E-state index in [2.05, 4.69) is 20.0 Å². The van der Waals surface area contributed by atoms with Gasteiger partial charge in [-0.2, -0.15) is 4.98 Å².